The summed E-state index contributed by atoms with van der Waals surface area (Å²) < 4.78 is 30.2. The fourth-order valence-electron chi connectivity index (χ4n) is 3.62. The van der Waals surface area contributed by atoms with E-state index in [-0.39, 0.29) is 11.9 Å². The van der Waals surface area contributed by atoms with Crippen molar-refractivity contribution in [2.75, 3.05) is 53.6 Å². The monoisotopic (exact) mass is 354 g/mol. The fourth-order valence-corrected chi connectivity index (χ4v) is 3.62. The van der Waals surface area contributed by atoms with E-state index in [0.717, 1.165) is 32.6 Å². The molecule has 3 rings (SSSR count). The Morgan fingerprint density at radius 3 is 2.56 bits per heavy atom. The zero-order chi connectivity index (χ0) is 17.8. The van der Waals surface area contributed by atoms with Gasteiger partial charge in [0.1, 0.15) is 5.82 Å². The van der Waals surface area contributed by atoms with E-state index >= 15 is 0 Å². The maximum Gasteiger partial charge on any atom is 0.163 e. The number of hydrogen-bond acceptors (Lipinski definition) is 6. The van der Waals surface area contributed by atoms with Gasteiger partial charge in [-0.15, -0.1) is 0 Å². The molecule has 2 fully saturated rings. The van der Waals surface area contributed by atoms with Gasteiger partial charge in [0.15, 0.2) is 11.5 Å². The molecule has 0 aliphatic carbocycles. The largest absolute Gasteiger partial charge is 0.493 e. The number of halogens is 1. The first kappa shape index (κ1) is 18.4. The summed E-state index contributed by atoms with van der Waals surface area (Å²) in [4.78, 5) is 4.54. The summed E-state index contributed by atoms with van der Waals surface area (Å²) in [5.41, 5.74) is 0.607. The maximum absolute atomic E-state index is 14.4. The molecule has 2 atom stereocenters. The van der Waals surface area contributed by atoms with Crippen molar-refractivity contribution in [3.05, 3.63) is 23.5 Å². The standard InChI is InChI=1S/C18H27FN2O4/c1-23-17-8-13(14(19)9-18(17)24-2)10-20-4-3-5-21(7-6-20)15-11-25-12-16(15)22/h8-9,15-16,22H,3-7,10-12H2,1-2H3/t15-,16-/m0/s1. The molecule has 2 aliphatic heterocycles. The van der Waals surface area contributed by atoms with Gasteiger partial charge in [-0.2, -0.15) is 0 Å². The molecule has 6 nitrogen and oxygen atoms in total. The normalized spacial score (nSPS) is 25.8. The Labute approximate surface area is 148 Å². The number of benzene rings is 1. The lowest BCUT2D eigenvalue weighted by Gasteiger charge is -2.28. The maximum atomic E-state index is 14.4. The van der Waals surface area contributed by atoms with Crippen LogP contribution in [0.25, 0.3) is 0 Å². The van der Waals surface area contributed by atoms with Gasteiger partial charge in [-0.25, -0.2) is 4.39 Å². The fraction of sp³-hybridized carbons (Fsp3) is 0.667. The molecule has 2 aliphatic rings. The summed E-state index contributed by atoms with van der Waals surface area (Å²) in [7, 11) is 3.06. The van der Waals surface area contributed by atoms with Gasteiger partial charge in [0.25, 0.3) is 0 Å². The minimum absolute atomic E-state index is 0.0813. The molecule has 0 unspecified atom stereocenters. The molecule has 1 N–H and O–H groups in total. The van der Waals surface area contributed by atoms with Crippen LogP contribution in [-0.4, -0.2) is 80.7 Å². The molecule has 25 heavy (non-hydrogen) atoms. The highest BCUT2D eigenvalue weighted by Gasteiger charge is 2.32. The van der Waals surface area contributed by atoms with Gasteiger partial charge < -0.3 is 19.3 Å². The van der Waals surface area contributed by atoms with Crippen LogP contribution in [0, 0.1) is 5.82 Å². The van der Waals surface area contributed by atoms with Crippen LogP contribution < -0.4 is 9.47 Å². The second kappa shape index (κ2) is 8.31. The van der Waals surface area contributed by atoms with Crippen molar-refractivity contribution in [1.29, 1.82) is 0 Å². The van der Waals surface area contributed by atoms with Crippen LogP contribution in [0.1, 0.15) is 12.0 Å². The third-order valence-electron chi connectivity index (χ3n) is 5.06. The van der Waals surface area contributed by atoms with Crippen molar-refractivity contribution in [3.8, 4) is 11.5 Å². The summed E-state index contributed by atoms with van der Waals surface area (Å²) in [6, 6.07) is 3.17. The van der Waals surface area contributed by atoms with E-state index < -0.39 is 6.10 Å². The van der Waals surface area contributed by atoms with E-state index in [9.17, 15) is 9.50 Å². The molecule has 1 aromatic rings. The highest BCUT2D eigenvalue weighted by Crippen LogP contribution is 2.30. The third-order valence-corrected chi connectivity index (χ3v) is 5.06. The lowest BCUT2D eigenvalue weighted by Crippen LogP contribution is -2.44. The SMILES string of the molecule is COc1cc(F)c(CN2CCCN([C@H]3COC[C@@H]3O)CC2)cc1OC. The van der Waals surface area contributed by atoms with E-state index in [1.807, 2.05) is 0 Å². The summed E-state index contributed by atoms with van der Waals surface area (Å²) in [6.07, 6.45) is 0.577. The first-order chi connectivity index (χ1) is 12.1. The molecule has 1 aromatic carbocycles. The molecular weight excluding hydrogens is 327 g/mol. The van der Waals surface area contributed by atoms with Crippen molar-refractivity contribution in [2.24, 2.45) is 0 Å². The second-order valence-electron chi connectivity index (χ2n) is 6.64. The van der Waals surface area contributed by atoms with Crippen LogP contribution >= 0.6 is 0 Å². The minimum Gasteiger partial charge on any atom is -0.493 e. The van der Waals surface area contributed by atoms with Crippen LogP contribution in [-0.2, 0) is 11.3 Å². The zero-order valence-electron chi connectivity index (χ0n) is 14.9. The zero-order valence-corrected chi connectivity index (χ0v) is 14.9. The van der Waals surface area contributed by atoms with Crippen molar-refractivity contribution in [1.82, 2.24) is 9.80 Å². The van der Waals surface area contributed by atoms with Gasteiger partial charge in [-0.3, -0.25) is 9.80 Å². The van der Waals surface area contributed by atoms with Crippen LogP contribution in [0.5, 0.6) is 11.5 Å². The topological polar surface area (TPSA) is 54.4 Å². The van der Waals surface area contributed by atoms with Gasteiger partial charge in [0, 0.05) is 31.3 Å². The molecule has 0 bridgehead atoms. The first-order valence-electron chi connectivity index (χ1n) is 8.75. The quantitative estimate of drug-likeness (QED) is 0.855. The van der Waals surface area contributed by atoms with Crippen molar-refractivity contribution >= 4 is 0 Å². The average molecular weight is 354 g/mol. The number of rotatable bonds is 5. The van der Waals surface area contributed by atoms with Crippen LogP contribution in [0.3, 0.4) is 0 Å². The number of methoxy groups -OCH3 is 2. The van der Waals surface area contributed by atoms with Gasteiger partial charge in [-0.1, -0.05) is 0 Å². The summed E-state index contributed by atoms with van der Waals surface area (Å²) in [6.45, 7) is 5.04. The van der Waals surface area contributed by atoms with Crippen LogP contribution in [0.2, 0.25) is 0 Å². The molecule has 2 saturated heterocycles. The lowest BCUT2D eigenvalue weighted by atomic mass is 10.1. The molecule has 0 amide bonds. The average Bonchev–Trinajstić information content (AvgIpc) is 2.90. The predicted molar refractivity (Wildman–Crippen MR) is 91.6 cm³/mol. The van der Waals surface area contributed by atoms with E-state index in [1.165, 1.54) is 13.2 Å². The number of aliphatic hydroxyl groups is 1. The molecule has 0 radical (unpaired) electrons. The van der Waals surface area contributed by atoms with E-state index in [0.29, 0.717) is 36.8 Å². The highest BCUT2D eigenvalue weighted by molar-refractivity contribution is 5.43. The predicted octanol–water partition coefficient (Wildman–Crippen LogP) is 1.11. The molecule has 0 spiro atoms. The number of aliphatic hydroxyl groups excluding tert-OH is 1. The molecule has 140 valence electrons. The van der Waals surface area contributed by atoms with Crippen LogP contribution in [0.15, 0.2) is 12.1 Å². The summed E-state index contributed by atoms with van der Waals surface area (Å²) >= 11 is 0. The van der Waals surface area contributed by atoms with E-state index in [1.54, 1.807) is 13.2 Å². The number of ether oxygens (including phenoxy) is 3. The Hall–Kier alpha value is -1.41. The van der Waals surface area contributed by atoms with Gasteiger partial charge >= 0.3 is 0 Å². The van der Waals surface area contributed by atoms with Crippen LogP contribution in [0.4, 0.5) is 4.39 Å². The van der Waals surface area contributed by atoms with Gasteiger partial charge in [0.05, 0.1) is 39.6 Å². The summed E-state index contributed by atoms with van der Waals surface area (Å²) in [5.74, 6) is 0.668. The Kier molecular flexibility index (Phi) is 6.11. The first-order valence-corrected chi connectivity index (χ1v) is 8.75. The Balaban J connectivity index is 1.64. The lowest BCUT2D eigenvalue weighted by molar-refractivity contribution is 0.0837. The summed E-state index contributed by atoms with van der Waals surface area (Å²) in [5, 5.41) is 10.0. The number of hydrogen-bond donors (Lipinski definition) is 1. The van der Waals surface area contributed by atoms with E-state index in [2.05, 4.69) is 9.80 Å². The number of nitrogens with zero attached hydrogens (tertiary/aromatic N) is 2. The van der Waals surface area contributed by atoms with Crippen molar-refractivity contribution in [3.63, 3.8) is 0 Å². The highest BCUT2D eigenvalue weighted by atomic mass is 19.1. The Morgan fingerprint density at radius 1 is 1.12 bits per heavy atom. The minimum atomic E-state index is -0.408. The van der Waals surface area contributed by atoms with Crippen molar-refractivity contribution < 1.29 is 23.7 Å². The van der Waals surface area contributed by atoms with Gasteiger partial charge in [0.2, 0.25) is 0 Å². The molecule has 7 heteroatoms. The Bertz CT molecular complexity index is 586. The van der Waals surface area contributed by atoms with Crippen molar-refractivity contribution in [2.45, 2.75) is 25.1 Å². The van der Waals surface area contributed by atoms with E-state index in [4.69, 9.17) is 14.2 Å². The Morgan fingerprint density at radius 2 is 1.88 bits per heavy atom. The molecular formula is C18H27FN2O4. The second-order valence-corrected chi connectivity index (χ2v) is 6.64. The van der Waals surface area contributed by atoms with Gasteiger partial charge in [-0.05, 0) is 25.6 Å². The third kappa shape index (κ3) is 4.23. The molecule has 0 aromatic heterocycles. The molecule has 0 saturated carbocycles. The smallest absolute Gasteiger partial charge is 0.163 e. The molecule has 2 heterocycles.